The van der Waals surface area contributed by atoms with Crippen LogP contribution in [0.2, 0.25) is 0 Å². The van der Waals surface area contributed by atoms with Crippen molar-refractivity contribution in [3.8, 4) is 0 Å². The van der Waals surface area contributed by atoms with Crippen LogP contribution >= 0.6 is 0 Å². The van der Waals surface area contributed by atoms with Crippen LogP contribution in [0.25, 0.3) is 10.8 Å². The number of benzene rings is 2. The molecule has 0 bridgehead atoms. The minimum Gasteiger partial charge on any atom is -0.465 e. The second kappa shape index (κ2) is 4.97. The van der Waals surface area contributed by atoms with Gasteiger partial charge in [0.05, 0.1) is 6.61 Å². The van der Waals surface area contributed by atoms with Crippen LogP contribution in [-0.2, 0) is 9.53 Å². The van der Waals surface area contributed by atoms with Crippen molar-refractivity contribution < 1.29 is 9.53 Å². The smallest absolute Gasteiger partial charge is 0.329 e. The lowest BCUT2D eigenvalue weighted by Crippen LogP contribution is -2.17. The average molecular weight is 228 g/mol. The molecule has 0 aliphatic heterocycles. The van der Waals surface area contributed by atoms with Crippen molar-refractivity contribution in [2.75, 3.05) is 6.61 Å². The van der Waals surface area contributed by atoms with Crippen molar-refractivity contribution in [3.05, 3.63) is 48.0 Å². The number of hydrogen-bond donors (Lipinski definition) is 0. The van der Waals surface area contributed by atoms with Crippen molar-refractivity contribution in [1.29, 1.82) is 0 Å². The minimum absolute atomic E-state index is 0.305. The molecule has 1 radical (unpaired) electrons. The Morgan fingerprint density at radius 1 is 1.24 bits per heavy atom. The second-order valence-electron chi connectivity index (χ2n) is 3.75. The molecule has 2 aromatic rings. The molecular formula is C14H14NO2. The van der Waals surface area contributed by atoms with E-state index < -0.39 is 12.0 Å². The normalized spacial score (nSPS) is 12.4. The summed E-state index contributed by atoms with van der Waals surface area (Å²) in [5.41, 5.74) is 8.63. The highest BCUT2D eigenvalue weighted by Gasteiger charge is 2.19. The van der Waals surface area contributed by atoms with E-state index in [1.165, 1.54) is 0 Å². The first kappa shape index (κ1) is 11.6. The van der Waals surface area contributed by atoms with Crippen molar-refractivity contribution in [2.24, 2.45) is 0 Å². The van der Waals surface area contributed by atoms with Crippen molar-refractivity contribution in [3.63, 3.8) is 0 Å². The molecule has 0 aromatic heterocycles. The van der Waals surface area contributed by atoms with Crippen LogP contribution in [0.5, 0.6) is 0 Å². The third-order valence-electron chi connectivity index (χ3n) is 2.66. The van der Waals surface area contributed by atoms with E-state index in [1.54, 1.807) is 13.0 Å². The van der Waals surface area contributed by atoms with E-state index in [1.807, 2.05) is 36.4 Å². The molecule has 0 aliphatic rings. The van der Waals surface area contributed by atoms with Gasteiger partial charge in [0.25, 0.3) is 0 Å². The number of ether oxygens (including phenoxy) is 1. The van der Waals surface area contributed by atoms with E-state index in [-0.39, 0.29) is 0 Å². The minimum atomic E-state index is -0.971. The third kappa shape index (κ3) is 2.29. The summed E-state index contributed by atoms with van der Waals surface area (Å²) in [6.07, 6.45) is 0. The van der Waals surface area contributed by atoms with Crippen LogP contribution in [0, 0.1) is 0 Å². The fourth-order valence-electron chi connectivity index (χ4n) is 1.85. The summed E-state index contributed by atoms with van der Waals surface area (Å²) in [6, 6.07) is 12.4. The molecule has 0 amide bonds. The van der Waals surface area contributed by atoms with Crippen molar-refractivity contribution in [2.45, 2.75) is 13.0 Å². The highest BCUT2D eigenvalue weighted by molar-refractivity contribution is 5.90. The summed E-state index contributed by atoms with van der Waals surface area (Å²) in [6.45, 7) is 2.05. The van der Waals surface area contributed by atoms with E-state index >= 15 is 0 Å². The van der Waals surface area contributed by atoms with Gasteiger partial charge in [-0.25, -0.2) is 10.5 Å². The Morgan fingerprint density at radius 2 is 1.94 bits per heavy atom. The summed E-state index contributed by atoms with van der Waals surface area (Å²) in [5, 5.41) is 1.97. The molecule has 0 aliphatic carbocycles. The number of esters is 1. The number of carbonyl (C=O) groups is 1. The molecule has 87 valence electrons. The van der Waals surface area contributed by atoms with Gasteiger partial charge in [-0.15, -0.1) is 0 Å². The van der Waals surface area contributed by atoms with E-state index in [9.17, 15) is 4.79 Å². The van der Waals surface area contributed by atoms with Crippen molar-refractivity contribution in [1.82, 2.24) is 5.73 Å². The maximum atomic E-state index is 11.6. The molecular weight excluding hydrogens is 214 g/mol. The van der Waals surface area contributed by atoms with Crippen LogP contribution < -0.4 is 5.73 Å². The molecule has 1 N–H and O–H groups in total. The number of rotatable bonds is 3. The molecule has 2 aromatic carbocycles. The molecule has 3 nitrogen and oxygen atoms in total. The molecule has 0 fully saturated rings. The van der Waals surface area contributed by atoms with Crippen molar-refractivity contribution >= 4 is 16.7 Å². The standard InChI is InChI=1S/C14H14NO2/c1-2-17-14(16)13(15)12-9-5-7-10-6-3-4-8-11(10)12/h3-9,13,15H,2H2,1H3. The monoisotopic (exact) mass is 228 g/mol. The molecule has 0 spiro atoms. The lowest BCUT2D eigenvalue weighted by Gasteiger charge is -2.12. The Kier molecular flexibility index (Phi) is 3.40. The average Bonchev–Trinajstić information content (AvgIpc) is 2.37. The van der Waals surface area contributed by atoms with Crippen LogP contribution in [0.4, 0.5) is 0 Å². The second-order valence-corrected chi connectivity index (χ2v) is 3.75. The predicted octanol–water partition coefficient (Wildman–Crippen LogP) is 2.73. The molecule has 0 saturated carbocycles. The highest BCUT2D eigenvalue weighted by atomic mass is 16.5. The van der Waals surface area contributed by atoms with E-state index in [2.05, 4.69) is 0 Å². The van der Waals surface area contributed by atoms with Gasteiger partial charge in [0, 0.05) is 0 Å². The predicted molar refractivity (Wildman–Crippen MR) is 66.4 cm³/mol. The van der Waals surface area contributed by atoms with E-state index in [0.717, 1.165) is 10.8 Å². The maximum absolute atomic E-state index is 11.6. The number of nitrogens with one attached hydrogen (secondary N) is 1. The SMILES string of the molecule is CCOC(=O)C([NH])c1cccc2ccccc12. The third-order valence-corrected chi connectivity index (χ3v) is 2.66. The Morgan fingerprint density at radius 3 is 2.71 bits per heavy atom. The van der Waals surface area contributed by atoms with Gasteiger partial charge in [-0.1, -0.05) is 42.5 Å². The summed E-state index contributed by atoms with van der Waals surface area (Å²) in [5.74, 6) is -0.496. The summed E-state index contributed by atoms with van der Waals surface area (Å²) in [4.78, 5) is 11.6. The zero-order chi connectivity index (χ0) is 12.3. The van der Waals surface area contributed by atoms with Gasteiger partial charge in [-0.2, -0.15) is 0 Å². The first-order chi connectivity index (χ1) is 8.24. The number of fused-ring (bicyclic) bond motifs is 1. The van der Waals surface area contributed by atoms with Crippen LogP contribution in [0.1, 0.15) is 18.5 Å². The van der Waals surface area contributed by atoms with Gasteiger partial charge >= 0.3 is 5.97 Å². The molecule has 17 heavy (non-hydrogen) atoms. The maximum Gasteiger partial charge on any atom is 0.329 e. The molecule has 0 saturated heterocycles. The Bertz CT molecular complexity index is 531. The fourth-order valence-corrected chi connectivity index (χ4v) is 1.85. The van der Waals surface area contributed by atoms with Gasteiger partial charge in [0.1, 0.15) is 6.04 Å². The lowest BCUT2D eigenvalue weighted by atomic mass is 9.99. The molecule has 1 atom stereocenters. The fraction of sp³-hybridized carbons (Fsp3) is 0.214. The zero-order valence-electron chi connectivity index (χ0n) is 9.64. The van der Waals surface area contributed by atoms with Gasteiger partial charge in [-0.05, 0) is 23.3 Å². The van der Waals surface area contributed by atoms with Gasteiger partial charge in [0.2, 0.25) is 0 Å². The zero-order valence-corrected chi connectivity index (χ0v) is 9.64. The number of carbonyl (C=O) groups excluding carboxylic acids is 1. The largest absolute Gasteiger partial charge is 0.465 e. The van der Waals surface area contributed by atoms with E-state index in [4.69, 9.17) is 10.5 Å². The molecule has 3 heteroatoms. The van der Waals surface area contributed by atoms with Gasteiger partial charge in [0.15, 0.2) is 0 Å². The van der Waals surface area contributed by atoms with Crippen LogP contribution in [0.15, 0.2) is 42.5 Å². The molecule has 0 heterocycles. The summed E-state index contributed by atoms with van der Waals surface area (Å²) in [7, 11) is 0. The first-order valence-corrected chi connectivity index (χ1v) is 5.59. The Balaban J connectivity index is 2.44. The Hall–Kier alpha value is -1.87. The lowest BCUT2D eigenvalue weighted by molar-refractivity contribution is -0.145. The van der Waals surface area contributed by atoms with Gasteiger partial charge < -0.3 is 4.74 Å². The Labute approximate surface area is 100 Å². The topological polar surface area (TPSA) is 50.1 Å². The van der Waals surface area contributed by atoms with Crippen LogP contribution in [-0.4, -0.2) is 12.6 Å². The molecule has 1 unspecified atom stereocenters. The van der Waals surface area contributed by atoms with Gasteiger partial charge in [-0.3, -0.25) is 0 Å². The first-order valence-electron chi connectivity index (χ1n) is 5.59. The summed E-state index contributed by atoms with van der Waals surface area (Å²) >= 11 is 0. The van der Waals surface area contributed by atoms with Crippen LogP contribution in [0.3, 0.4) is 0 Å². The number of hydrogen-bond acceptors (Lipinski definition) is 2. The highest BCUT2D eigenvalue weighted by Crippen LogP contribution is 2.24. The van der Waals surface area contributed by atoms with E-state index in [0.29, 0.717) is 12.2 Å². The summed E-state index contributed by atoms with van der Waals surface area (Å²) < 4.78 is 4.88. The quantitative estimate of drug-likeness (QED) is 0.758. The molecule has 2 rings (SSSR count).